The summed E-state index contributed by atoms with van der Waals surface area (Å²) in [5.41, 5.74) is 2.34. The van der Waals surface area contributed by atoms with Crippen LogP contribution in [-0.4, -0.2) is 23.8 Å². The van der Waals surface area contributed by atoms with Crippen molar-refractivity contribution in [1.29, 1.82) is 0 Å². The number of anilines is 1. The zero-order valence-corrected chi connectivity index (χ0v) is 9.90. The third-order valence-corrected chi connectivity index (χ3v) is 4.09. The molecule has 0 aromatic heterocycles. The Morgan fingerprint density at radius 2 is 1.94 bits per heavy atom. The number of benzene rings is 1. The van der Waals surface area contributed by atoms with E-state index in [1.165, 1.54) is 5.56 Å². The summed E-state index contributed by atoms with van der Waals surface area (Å²) < 4.78 is 13.3. The summed E-state index contributed by atoms with van der Waals surface area (Å²) in [6.45, 7) is 1.000. The van der Waals surface area contributed by atoms with Gasteiger partial charge < -0.3 is 10.0 Å². The Bertz CT molecular complexity index is 413. The molecule has 0 radical (unpaired) electrons. The molecule has 1 N–H and O–H groups in total. The minimum atomic E-state index is -0.147. The van der Waals surface area contributed by atoms with Gasteiger partial charge in [0.15, 0.2) is 0 Å². The van der Waals surface area contributed by atoms with E-state index in [0.717, 1.165) is 44.3 Å². The van der Waals surface area contributed by atoms with Gasteiger partial charge in [-0.2, -0.15) is 0 Å². The van der Waals surface area contributed by atoms with E-state index in [1.807, 2.05) is 6.07 Å². The molecule has 0 atom stereocenters. The van der Waals surface area contributed by atoms with Crippen LogP contribution in [0.2, 0.25) is 0 Å². The van der Waals surface area contributed by atoms with Crippen molar-refractivity contribution in [2.75, 3.05) is 11.4 Å². The lowest BCUT2D eigenvalue weighted by Crippen LogP contribution is -2.38. The average Bonchev–Trinajstić information content (AvgIpc) is 2.73. The number of aliphatic hydroxyl groups is 1. The SMILES string of the molecule is OC1CCC(N2CCc3ccc(F)cc32)CC1. The molecule has 0 unspecified atom stereocenters. The third kappa shape index (κ3) is 2.04. The lowest BCUT2D eigenvalue weighted by atomic mass is 9.92. The number of fused-ring (bicyclic) bond motifs is 1. The fraction of sp³-hybridized carbons (Fsp3) is 0.571. The van der Waals surface area contributed by atoms with E-state index in [1.54, 1.807) is 12.1 Å². The number of hydrogen-bond donors (Lipinski definition) is 1. The Balaban J connectivity index is 1.81. The van der Waals surface area contributed by atoms with Crippen LogP contribution >= 0.6 is 0 Å². The molecular formula is C14H18FNO. The van der Waals surface area contributed by atoms with E-state index in [2.05, 4.69) is 4.90 Å². The normalized spacial score (nSPS) is 28.2. The number of rotatable bonds is 1. The van der Waals surface area contributed by atoms with Gasteiger partial charge in [-0.25, -0.2) is 4.39 Å². The Morgan fingerprint density at radius 1 is 1.18 bits per heavy atom. The minimum Gasteiger partial charge on any atom is -0.393 e. The molecule has 1 aliphatic carbocycles. The molecule has 17 heavy (non-hydrogen) atoms. The maximum atomic E-state index is 13.3. The highest BCUT2D eigenvalue weighted by atomic mass is 19.1. The van der Waals surface area contributed by atoms with Crippen LogP contribution in [0.4, 0.5) is 10.1 Å². The van der Waals surface area contributed by atoms with Gasteiger partial charge in [-0.1, -0.05) is 6.07 Å². The molecule has 1 aromatic carbocycles. The molecule has 0 amide bonds. The van der Waals surface area contributed by atoms with Crippen molar-refractivity contribution in [3.05, 3.63) is 29.6 Å². The average molecular weight is 235 g/mol. The molecule has 2 nitrogen and oxygen atoms in total. The molecule has 1 heterocycles. The Kier molecular flexibility index (Phi) is 2.79. The van der Waals surface area contributed by atoms with Gasteiger partial charge >= 0.3 is 0 Å². The topological polar surface area (TPSA) is 23.5 Å². The number of halogens is 1. The zero-order chi connectivity index (χ0) is 11.8. The fourth-order valence-corrected chi connectivity index (χ4v) is 3.13. The summed E-state index contributed by atoms with van der Waals surface area (Å²) >= 11 is 0. The molecule has 0 bridgehead atoms. The molecule has 0 spiro atoms. The van der Waals surface area contributed by atoms with Crippen molar-refractivity contribution in [2.45, 2.75) is 44.2 Å². The van der Waals surface area contributed by atoms with Gasteiger partial charge in [0.2, 0.25) is 0 Å². The van der Waals surface area contributed by atoms with Gasteiger partial charge in [0.05, 0.1) is 6.10 Å². The second-order valence-corrected chi connectivity index (χ2v) is 5.18. The van der Waals surface area contributed by atoms with E-state index < -0.39 is 0 Å². The van der Waals surface area contributed by atoms with Gasteiger partial charge in [0.25, 0.3) is 0 Å². The van der Waals surface area contributed by atoms with E-state index in [9.17, 15) is 9.50 Å². The first-order valence-corrected chi connectivity index (χ1v) is 6.47. The smallest absolute Gasteiger partial charge is 0.125 e. The first-order chi connectivity index (χ1) is 8.24. The fourth-order valence-electron chi connectivity index (χ4n) is 3.13. The first kappa shape index (κ1) is 11.0. The summed E-state index contributed by atoms with van der Waals surface area (Å²) in [7, 11) is 0. The van der Waals surface area contributed by atoms with Gasteiger partial charge in [-0.15, -0.1) is 0 Å². The molecule has 1 aliphatic heterocycles. The van der Waals surface area contributed by atoms with Crippen LogP contribution in [0.15, 0.2) is 18.2 Å². The monoisotopic (exact) mass is 235 g/mol. The van der Waals surface area contributed by atoms with Crippen molar-refractivity contribution >= 4 is 5.69 Å². The molecule has 1 fully saturated rings. The lowest BCUT2D eigenvalue weighted by Gasteiger charge is -2.34. The molecule has 1 aromatic rings. The molecule has 0 saturated heterocycles. The molecule has 92 valence electrons. The van der Waals surface area contributed by atoms with E-state index in [0.29, 0.717) is 6.04 Å². The van der Waals surface area contributed by atoms with Crippen LogP contribution in [0, 0.1) is 5.82 Å². The third-order valence-electron chi connectivity index (χ3n) is 4.09. The predicted molar refractivity (Wildman–Crippen MR) is 65.7 cm³/mol. The summed E-state index contributed by atoms with van der Waals surface area (Å²) in [6, 6.07) is 5.60. The summed E-state index contributed by atoms with van der Waals surface area (Å²) in [5, 5.41) is 9.53. The van der Waals surface area contributed by atoms with Crippen molar-refractivity contribution in [1.82, 2.24) is 0 Å². The first-order valence-electron chi connectivity index (χ1n) is 6.47. The molecule has 1 saturated carbocycles. The highest BCUT2D eigenvalue weighted by Gasteiger charge is 2.29. The summed E-state index contributed by atoms with van der Waals surface area (Å²) in [4.78, 5) is 2.34. The summed E-state index contributed by atoms with van der Waals surface area (Å²) in [6.07, 6.45) is 4.71. The largest absolute Gasteiger partial charge is 0.393 e. The number of nitrogens with zero attached hydrogens (tertiary/aromatic N) is 1. The second kappa shape index (κ2) is 4.30. The van der Waals surface area contributed by atoms with Crippen molar-refractivity contribution in [2.24, 2.45) is 0 Å². The molecule has 3 rings (SSSR count). The van der Waals surface area contributed by atoms with Crippen molar-refractivity contribution in [3.8, 4) is 0 Å². The van der Waals surface area contributed by atoms with Gasteiger partial charge in [-0.3, -0.25) is 0 Å². The van der Waals surface area contributed by atoms with Gasteiger partial charge in [0, 0.05) is 18.3 Å². The van der Waals surface area contributed by atoms with Gasteiger partial charge in [0.1, 0.15) is 5.82 Å². The van der Waals surface area contributed by atoms with E-state index in [4.69, 9.17) is 0 Å². The van der Waals surface area contributed by atoms with Crippen LogP contribution < -0.4 is 4.90 Å². The highest BCUT2D eigenvalue weighted by molar-refractivity contribution is 5.58. The van der Waals surface area contributed by atoms with E-state index >= 15 is 0 Å². The number of aliphatic hydroxyl groups excluding tert-OH is 1. The summed E-state index contributed by atoms with van der Waals surface area (Å²) in [5.74, 6) is -0.147. The Hall–Kier alpha value is -1.09. The van der Waals surface area contributed by atoms with Crippen molar-refractivity contribution < 1.29 is 9.50 Å². The standard InChI is InChI=1S/C14H18FNO/c15-11-2-1-10-7-8-16(14(10)9-11)12-3-5-13(17)6-4-12/h1-2,9,12-13,17H,3-8H2. The highest BCUT2D eigenvalue weighted by Crippen LogP contribution is 2.34. The Morgan fingerprint density at radius 3 is 2.71 bits per heavy atom. The van der Waals surface area contributed by atoms with Crippen LogP contribution in [-0.2, 0) is 6.42 Å². The van der Waals surface area contributed by atoms with Crippen LogP contribution in [0.1, 0.15) is 31.2 Å². The van der Waals surface area contributed by atoms with E-state index in [-0.39, 0.29) is 11.9 Å². The minimum absolute atomic E-state index is 0.124. The zero-order valence-electron chi connectivity index (χ0n) is 9.90. The molecular weight excluding hydrogens is 217 g/mol. The van der Waals surface area contributed by atoms with Crippen LogP contribution in [0.5, 0.6) is 0 Å². The maximum Gasteiger partial charge on any atom is 0.125 e. The van der Waals surface area contributed by atoms with Crippen LogP contribution in [0.3, 0.4) is 0 Å². The maximum absolute atomic E-state index is 13.3. The molecule has 3 heteroatoms. The second-order valence-electron chi connectivity index (χ2n) is 5.18. The molecule has 2 aliphatic rings. The van der Waals surface area contributed by atoms with Crippen molar-refractivity contribution in [3.63, 3.8) is 0 Å². The quantitative estimate of drug-likeness (QED) is 0.808. The Labute approximate surface area is 101 Å². The predicted octanol–water partition coefficient (Wildman–Crippen LogP) is 2.49. The van der Waals surface area contributed by atoms with Gasteiger partial charge in [-0.05, 0) is 49.8 Å². The lowest BCUT2D eigenvalue weighted by molar-refractivity contribution is 0.122. The number of hydrogen-bond acceptors (Lipinski definition) is 2. The van der Waals surface area contributed by atoms with Crippen LogP contribution in [0.25, 0.3) is 0 Å².